The van der Waals surface area contributed by atoms with E-state index in [1.807, 2.05) is 0 Å². The first-order valence-corrected chi connectivity index (χ1v) is 9.33. The number of hydrogen-bond acceptors (Lipinski definition) is 0. The molecule has 19 heavy (non-hydrogen) atoms. The van der Waals surface area contributed by atoms with E-state index in [2.05, 4.69) is 7.85 Å². The Morgan fingerprint density at radius 2 is 0.789 bits per heavy atom. The first-order valence-electron chi connectivity index (χ1n) is 9.33. The van der Waals surface area contributed by atoms with E-state index >= 15 is 0 Å². The minimum absolute atomic E-state index is 1.02. The highest BCUT2D eigenvalue weighted by Crippen LogP contribution is 2.45. The molecule has 108 valence electrons. The zero-order valence-electron chi connectivity index (χ0n) is 13.1. The molecule has 0 radical (unpaired) electrons. The van der Waals surface area contributed by atoms with Crippen LogP contribution in [0.5, 0.6) is 0 Å². The minimum Gasteiger partial charge on any atom is -0.0697 e. The van der Waals surface area contributed by atoms with Crippen LogP contribution in [0.1, 0.15) is 83.5 Å². The molecule has 0 unspecified atom stereocenters. The second-order valence-corrected chi connectivity index (χ2v) is 8.09. The molecule has 0 spiro atoms. The molecule has 0 aromatic heterocycles. The van der Waals surface area contributed by atoms with Gasteiger partial charge in [-0.1, -0.05) is 63.6 Å². The average molecular weight is 260 g/mol. The topological polar surface area (TPSA) is 0 Å². The fourth-order valence-corrected chi connectivity index (χ4v) is 5.45. The first-order chi connectivity index (χ1) is 9.33. The van der Waals surface area contributed by atoms with Crippen LogP contribution >= 0.6 is 0 Å². The Morgan fingerprint density at radius 3 is 1.26 bits per heavy atom. The molecule has 3 fully saturated rings. The average Bonchev–Trinajstić information content (AvgIpc) is 2.49. The van der Waals surface area contributed by atoms with Crippen molar-refractivity contribution in [1.29, 1.82) is 0 Å². The zero-order chi connectivity index (χ0) is 13.1. The van der Waals surface area contributed by atoms with Crippen molar-refractivity contribution < 1.29 is 0 Å². The van der Waals surface area contributed by atoms with Crippen molar-refractivity contribution in [2.24, 2.45) is 23.7 Å². The molecule has 0 heterocycles. The van der Waals surface area contributed by atoms with Gasteiger partial charge in [-0.05, 0) is 49.4 Å². The largest absolute Gasteiger partial charge is 0.105 e. The van der Waals surface area contributed by atoms with Crippen LogP contribution in [-0.2, 0) is 0 Å². The van der Waals surface area contributed by atoms with E-state index in [1.165, 1.54) is 32.1 Å². The summed E-state index contributed by atoms with van der Waals surface area (Å²) >= 11 is 0. The third-order valence-corrected chi connectivity index (χ3v) is 6.86. The Hall–Kier alpha value is 0.0649. The number of hydrogen-bond donors (Lipinski definition) is 0. The van der Waals surface area contributed by atoms with Gasteiger partial charge in [0.05, 0.1) is 0 Å². The van der Waals surface area contributed by atoms with Gasteiger partial charge in [-0.15, -0.1) is 0 Å². The van der Waals surface area contributed by atoms with E-state index in [-0.39, 0.29) is 0 Å². The van der Waals surface area contributed by atoms with Crippen molar-refractivity contribution in [2.75, 3.05) is 0 Å². The highest BCUT2D eigenvalue weighted by Gasteiger charge is 2.32. The molecule has 3 rings (SSSR count). The van der Waals surface area contributed by atoms with Gasteiger partial charge in [-0.25, -0.2) is 0 Å². The monoisotopic (exact) mass is 260 g/mol. The molecule has 0 bridgehead atoms. The second-order valence-electron chi connectivity index (χ2n) is 8.09. The highest BCUT2D eigenvalue weighted by molar-refractivity contribution is 6.11. The van der Waals surface area contributed by atoms with Crippen LogP contribution in [0.4, 0.5) is 0 Å². The maximum atomic E-state index is 2.45. The molecule has 0 saturated heterocycles. The number of rotatable bonds is 2. The summed E-state index contributed by atoms with van der Waals surface area (Å²) in [5.74, 6) is 5.51. The lowest BCUT2D eigenvalue weighted by molar-refractivity contribution is 0.123. The summed E-state index contributed by atoms with van der Waals surface area (Å²) in [6.45, 7) is 0. The smallest absolute Gasteiger partial charge is 0.0697 e. The molecule has 3 aliphatic rings. The fraction of sp³-hybridized carbons (Fsp3) is 1.00. The fourth-order valence-electron chi connectivity index (χ4n) is 5.45. The van der Waals surface area contributed by atoms with Crippen LogP contribution in [0, 0.1) is 23.7 Å². The van der Waals surface area contributed by atoms with Crippen LogP contribution in [0.2, 0.25) is 5.82 Å². The lowest BCUT2D eigenvalue weighted by atomic mass is 9.63. The van der Waals surface area contributed by atoms with E-state index in [4.69, 9.17) is 0 Å². The molecular weight excluding hydrogens is 227 g/mol. The Morgan fingerprint density at radius 1 is 0.421 bits per heavy atom. The van der Waals surface area contributed by atoms with Crippen LogP contribution in [0.15, 0.2) is 0 Å². The molecule has 0 aromatic rings. The van der Waals surface area contributed by atoms with E-state index in [0.717, 1.165) is 29.5 Å². The van der Waals surface area contributed by atoms with Crippen molar-refractivity contribution in [3.63, 3.8) is 0 Å². The van der Waals surface area contributed by atoms with Gasteiger partial charge in [-0.3, -0.25) is 0 Å². The van der Waals surface area contributed by atoms with Crippen molar-refractivity contribution in [2.45, 2.75) is 89.3 Å². The van der Waals surface area contributed by atoms with E-state index in [1.54, 1.807) is 51.4 Å². The summed E-state index contributed by atoms with van der Waals surface area (Å²) in [6.07, 6.45) is 20.2. The van der Waals surface area contributed by atoms with Gasteiger partial charge in [0.1, 0.15) is 7.85 Å². The quantitative estimate of drug-likeness (QED) is 0.614. The summed E-state index contributed by atoms with van der Waals surface area (Å²) < 4.78 is 0. The molecule has 0 aliphatic heterocycles. The lowest BCUT2D eigenvalue weighted by Crippen LogP contribution is -2.28. The first kappa shape index (κ1) is 14.0. The molecule has 3 saturated carbocycles. The Labute approximate surface area is 121 Å². The summed E-state index contributed by atoms with van der Waals surface area (Å²) in [5.41, 5.74) is 0. The Bertz CT molecular complexity index is 253. The summed E-state index contributed by atoms with van der Waals surface area (Å²) in [4.78, 5) is 0. The van der Waals surface area contributed by atoms with Gasteiger partial charge in [-0.2, -0.15) is 0 Å². The molecule has 3 aliphatic carbocycles. The van der Waals surface area contributed by atoms with Gasteiger partial charge in [0.25, 0.3) is 0 Å². The van der Waals surface area contributed by atoms with Gasteiger partial charge in [0, 0.05) is 0 Å². The van der Waals surface area contributed by atoms with Crippen molar-refractivity contribution in [3.05, 3.63) is 0 Å². The third kappa shape index (κ3) is 3.58. The highest BCUT2D eigenvalue weighted by atomic mass is 14.4. The zero-order valence-corrected chi connectivity index (χ0v) is 13.1. The minimum atomic E-state index is 1.02. The maximum absolute atomic E-state index is 2.45. The van der Waals surface area contributed by atoms with Crippen molar-refractivity contribution in [1.82, 2.24) is 0 Å². The van der Waals surface area contributed by atoms with Gasteiger partial charge in [0.15, 0.2) is 0 Å². The predicted octanol–water partition coefficient (Wildman–Crippen LogP) is 4.98. The molecule has 0 amide bonds. The summed E-state index contributed by atoms with van der Waals surface area (Å²) in [7, 11) is 2.45. The third-order valence-electron chi connectivity index (χ3n) is 6.86. The SMILES string of the molecule is BC1CCC(C2CCC(C3CCCCC3)CC2)CC1. The molecule has 0 N–H and O–H groups in total. The summed E-state index contributed by atoms with van der Waals surface area (Å²) in [5, 5.41) is 0. The van der Waals surface area contributed by atoms with Gasteiger partial charge in [0.2, 0.25) is 0 Å². The van der Waals surface area contributed by atoms with E-state index in [0.29, 0.717) is 0 Å². The van der Waals surface area contributed by atoms with E-state index < -0.39 is 0 Å². The van der Waals surface area contributed by atoms with Gasteiger partial charge < -0.3 is 0 Å². The van der Waals surface area contributed by atoms with Crippen LogP contribution in [0.25, 0.3) is 0 Å². The van der Waals surface area contributed by atoms with Crippen molar-refractivity contribution >= 4 is 7.85 Å². The molecule has 0 aromatic carbocycles. The lowest BCUT2D eigenvalue weighted by Gasteiger charge is -2.40. The van der Waals surface area contributed by atoms with Crippen LogP contribution in [-0.4, -0.2) is 7.85 Å². The summed E-state index contributed by atoms with van der Waals surface area (Å²) in [6, 6.07) is 0. The van der Waals surface area contributed by atoms with Crippen molar-refractivity contribution in [3.8, 4) is 0 Å². The normalized spacial score (nSPS) is 42.1. The molecule has 1 heteroatoms. The standard InChI is InChI=1S/C18H33B/c19-18-12-10-17(11-13-18)16-8-6-15(7-9-16)14-4-2-1-3-5-14/h14-18H,1-13,19H2. The second kappa shape index (κ2) is 6.68. The van der Waals surface area contributed by atoms with Gasteiger partial charge >= 0.3 is 0 Å². The predicted molar refractivity (Wildman–Crippen MR) is 86.3 cm³/mol. The van der Waals surface area contributed by atoms with Crippen LogP contribution < -0.4 is 0 Å². The Kier molecular flexibility index (Phi) is 4.93. The molecule has 0 nitrogen and oxygen atoms in total. The Balaban J connectivity index is 1.44. The van der Waals surface area contributed by atoms with E-state index in [9.17, 15) is 0 Å². The molecular formula is C18H33B. The maximum Gasteiger partial charge on any atom is 0.105 e. The molecule has 0 atom stereocenters. The van der Waals surface area contributed by atoms with Crippen LogP contribution in [0.3, 0.4) is 0 Å².